The highest BCUT2D eigenvalue weighted by molar-refractivity contribution is 5.91. The molecule has 480 valence electrons. The first kappa shape index (κ1) is 73.2. The molecule has 0 nitrogen and oxygen atoms in total. The molecule has 13 aromatic carbocycles. The fourth-order valence-electron chi connectivity index (χ4n) is 12.0. The van der Waals surface area contributed by atoms with Gasteiger partial charge < -0.3 is 0 Å². The lowest BCUT2D eigenvalue weighted by atomic mass is 9.97. The average Bonchev–Trinajstić information content (AvgIpc) is 0.865. The van der Waals surface area contributed by atoms with Gasteiger partial charge in [-0.25, -0.2) is 0 Å². The van der Waals surface area contributed by atoms with Crippen LogP contribution in [0.5, 0.6) is 0 Å². The first-order valence-corrected chi connectivity index (χ1v) is 33.4. The van der Waals surface area contributed by atoms with Crippen molar-refractivity contribution >= 4 is 53.9 Å². The monoisotopic (exact) mass is 1220 g/mol. The van der Waals surface area contributed by atoms with Crippen molar-refractivity contribution in [3.8, 4) is 0 Å². The Morgan fingerprint density at radius 3 is 0.849 bits per heavy atom. The summed E-state index contributed by atoms with van der Waals surface area (Å²) in [5.41, 5.74) is 34.1. The molecule has 0 N–H and O–H groups in total. The van der Waals surface area contributed by atoms with Crippen LogP contribution in [-0.4, -0.2) is 0 Å². The lowest BCUT2D eigenvalue weighted by Gasteiger charge is -2.08. The summed E-state index contributed by atoms with van der Waals surface area (Å²) in [5, 5.41) is 13.7. The number of aryl methyl sites for hydroxylation is 25. The molecule has 0 bridgehead atoms. The van der Waals surface area contributed by atoms with E-state index in [0.29, 0.717) is 0 Å². The Labute approximate surface area is 562 Å². The van der Waals surface area contributed by atoms with E-state index in [1.165, 1.54) is 193 Å². The Morgan fingerprint density at radius 1 is 0.129 bits per heavy atom. The molecule has 0 aliphatic carbocycles. The Kier molecular flexibility index (Phi) is 26.5. The highest BCUT2D eigenvalue weighted by atomic mass is 14.1. The van der Waals surface area contributed by atoms with E-state index in [9.17, 15) is 0 Å². The summed E-state index contributed by atoms with van der Waals surface area (Å²) < 4.78 is 0. The fraction of sp³-hybridized carbons (Fsp3) is 0.269. The van der Waals surface area contributed by atoms with E-state index in [-0.39, 0.29) is 0 Å². The van der Waals surface area contributed by atoms with Crippen molar-refractivity contribution in [2.45, 2.75) is 173 Å². The number of hydrogen-bond acceptors (Lipinski definition) is 0. The van der Waals surface area contributed by atoms with E-state index in [0.717, 1.165) is 0 Å². The van der Waals surface area contributed by atoms with E-state index in [1.807, 2.05) is 0 Å². The molecule has 0 atom stereocenters. The molecule has 0 aliphatic rings. The van der Waals surface area contributed by atoms with Gasteiger partial charge in [0.2, 0.25) is 0 Å². The maximum absolute atomic E-state index is 2.29. The van der Waals surface area contributed by atoms with Gasteiger partial charge in [-0.3, -0.25) is 0 Å². The summed E-state index contributed by atoms with van der Waals surface area (Å²) in [4.78, 5) is 0. The van der Waals surface area contributed by atoms with Gasteiger partial charge in [0.1, 0.15) is 0 Å². The normalized spacial score (nSPS) is 10.4. The van der Waals surface area contributed by atoms with Crippen molar-refractivity contribution in [2.75, 3.05) is 0 Å². The molecule has 0 aliphatic heterocycles. The summed E-state index contributed by atoms with van der Waals surface area (Å²) >= 11 is 0. The second-order valence-electron chi connectivity index (χ2n) is 27.1. The predicted molar refractivity (Wildman–Crippen MR) is 417 cm³/mol. The summed E-state index contributed by atoms with van der Waals surface area (Å²) in [6.07, 6.45) is 0. The van der Waals surface area contributed by atoms with Crippen LogP contribution in [0.1, 0.15) is 139 Å². The van der Waals surface area contributed by atoms with Gasteiger partial charge in [0.25, 0.3) is 0 Å². The van der Waals surface area contributed by atoms with Crippen LogP contribution in [-0.2, 0) is 0 Å². The highest BCUT2D eigenvalue weighted by Gasteiger charge is 2.05. The zero-order valence-corrected chi connectivity index (χ0v) is 61.6. The van der Waals surface area contributed by atoms with Gasteiger partial charge in [-0.2, -0.15) is 0 Å². The molecule has 93 heavy (non-hydrogen) atoms. The summed E-state index contributed by atoms with van der Waals surface area (Å²) in [6, 6.07) is 72.7. The van der Waals surface area contributed by atoms with Crippen LogP contribution in [0.25, 0.3) is 53.9 Å². The second kappa shape index (κ2) is 33.6. The van der Waals surface area contributed by atoms with E-state index in [4.69, 9.17) is 0 Å². The van der Waals surface area contributed by atoms with Crippen LogP contribution < -0.4 is 0 Å². The van der Waals surface area contributed by atoms with Gasteiger partial charge >= 0.3 is 0 Å². The Bertz CT molecular complexity index is 4580. The third-order valence-electron chi connectivity index (χ3n) is 18.1. The first-order valence-electron chi connectivity index (χ1n) is 33.4. The molecule has 0 fully saturated rings. The Balaban J connectivity index is 0.000000170. The topological polar surface area (TPSA) is 0 Å². The van der Waals surface area contributed by atoms with Crippen LogP contribution in [0.2, 0.25) is 0 Å². The number of benzene rings is 13. The maximum Gasteiger partial charge on any atom is -0.0149 e. The summed E-state index contributed by atoms with van der Waals surface area (Å²) in [7, 11) is 0. The van der Waals surface area contributed by atoms with E-state index < -0.39 is 0 Å². The Hall–Kier alpha value is -8.84. The molecule has 0 spiro atoms. The number of hydrogen-bond donors (Lipinski definition) is 0. The molecular weight excluding hydrogens is 1120 g/mol. The van der Waals surface area contributed by atoms with Crippen LogP contribution >= 0.6 is 0 Å². The smallest absolute Gasteiger partial charge is 0.0149 e. The minimum Gasteiger partial charge on any atom is -0.0620 e. The lowest BCUT2D eigenvalue weighted by Crippen LogP contribution is -1.86. The predicted octanol–water partition coefficient (Wildman–Crippen LogP) is 27.0. The summed E-state index contributed by atoms with van der Waals surface area (Å²) in [5.74, 6) is 0. The van der Waals surface area contributed by atoms with Crippen LogP contribution in [0.3, 0.4) is 0 Å². The molecular formula is C93H108. The molecule has 0 saturated carbocycles. The maximum atomic E-state index is 2.29. The van der Waals surface area contributed by atoms with E-state index >= 15 is 0 Å². The van der Waals surface area contributed by atoms with Gasteiger partial charge in [-0.05, 0) is 310 Å². The first-order chi connectivity index (χ1) is 43.9. The second-order valence-corrected chi connectivity index (χ2v) is 27.1. The third kappa shape index (κ3) is 21.4. The SMILES string of the molecule is Cc1cc(C)c2cc(C)c(C)cc2c1.Cc1cc(C)c2cc(C)cc(C)c2c1.Cc1cc(C)c2cc(C)ccc2c1.Cc1ccc(C)c(C)c1.Cc1ccc(C)c(C)c1.Cc1ccc2c(C)cc(C)cc2c1.Cc1ccc2ccc(C)c(C)c2c1.Cc1ccccc1C. The summed E-state index contributed by atoms with van der Waals surface area (Å²) in [6.45, 7) is 53.8. The van der Waals surface area contributed by atoms with Crippen LogP contribution in [0.15, 0.2) is 200 Å². The third-order valence-corrected chi connectivity index (χ3v) is 18.1. The van der Waals surface area contributed by atoms with Crippen LogP contribution in [0, 0.1) is 173 Å². The van der Waals surface area contributed by atoms with Crippen molar-refractivity contribution in [2.24, 2.45) is 0 Å². The van der Waals surface area contributed by atoms with Crippen molar-refractivity contribution in [1.82, 2.24) is 0 Å². The average molecular weight is 1230 g/mol. The van der Waals surface area contributed by atoms with Gasteiger partial charge in [0.15, 0.2) is 0 Å². The van der Waals surface area contributed by atoms with Gasteiger partial charge in [-0.15, -0.1) is 0 Å². The quantitative estimate of drug-likeness (QED) is 0.142. The van der Waals surface area contributed by atoms with E-state index in [2.05, 4.69) is 373 Å². The highest BCUT2D eigenvalue weighted by Crippen LogP contribution is 2.28. The van der Waals surface area contributed by atoms with Crippen molar-refractivity contribution in [3.05, 3.63) is 339 Å². The molecule has 0 aromatic heterocycles. The molecule has 0 radical (unpaired) electrons. The molecule has 13 rings (SSSR count). The zero-order chi connectivity index (χ0) is 68.5. The van der Waals surface area contributed by atoms with Crippen molar-refractivity contribution < 1.29 is 0 Å². The molecule has 0 heteroatoms. The van der Waals surface area contributed by atoms with Crippen molar-refractivity contribution in [3.63, 3.8) is 0 Å². The number of rotatable bonds is 0. The minimum atomic E-state index is 1.33. The van der Waals surface area contributed by atoms with Gasteiger partial charge in [-0.1, -0.05) is 256 Å². The lowest BCUT2D eigenvalue weighted by molar-refractivity contribution is 1.30. The zero-order valence-electron chi connectivity index (χ0n) is 61.6. The van der Waals surface area contributed by atoms with Crippen LogP contribution in [0.4, 0.5) is 0 Å². The van der Waals surface area contributed by atoms with E-state index in [1.54, 1.807) is 0 Å². The molecule has 0 saturated heterocycles. The van der Waals surface area contributed by atoms with Gasteiger partial charge in [0.05, 0.1) is 0 Å². The molecule has 0 amide bonds. The van der Waals surface area contributed by atoms with Crippen molar-refractivity contribution in [1.29, 1.82) is 0 Å². The standard InChI is InChI=1S/2C14H16.3C13H14.2C9H12.C8H10/c1-9-5-11(3)14-8-10(2)6-12(4)13(14)7-9;1-9-5-12(4)14-8-11(3)10(2)7-13(14)6-9;1-9-4-6-12-7-5-10(2)11(3)13(12)8-9;1-9-4-5-12-7-10(2)6-11(3)13(12)8-9;1-9-4-5-13-11(3)6-10(2)8-12(13)7-9;2*1-7-4-5-8(2)9(3)6-7;1-7-5-3-4-6-8(7)2/h2*5-8H,1-4H3;3*4-8H,1-3H3;2*4-6H,1-3H3;3-6H,1-2H3. The fourth-order valence-corrected chi connectivity index (χ4v) is 12.0. The molecule has 0 heterocycles. The number of fused-ring (bicyclic) bond motifs is 5. The largest absolute Gasteiger partial charge is 0.0620 e. The minimum absolute atomic E-state index is 1.33. The van der Waals surface area contributed by atoms with Gasteiger partial charge in [0, 0.05) is 0 Å². The Morgan fingerprint density at radius 2 is 0.398 bits per heavy atom. The molecule has 13 aromatic rings. The molecule has 0 unspecified atom stereocenters.